The van der Waals surface area contributed by atoms with E-state index in [0.717, 1.165) is 30.4 Å². The Hall–Kier alpha value is -1.42. The van der Waals surface area contributed by atoms with Crippen molar-refractivity contribution in [3.63, 3.8) is 0 Å². The van der Waals surface area contributed by atoms with Crippen molar-refractivity contribution in [2.45, 2.75) is 26.7 Å². The summed E-state index contributed by atoms with van der Waals surface area (Å²) in [6.45, 7) is 9.48. The molecule has 3 N–H and O–H groups in total. The zero-order valence-electron chi connectivity index (χ0n) is 12.7. The van der Waals surface area contributed by atoms with E-state index in [2.05, 4.69) is 17.1 Å². The van der Waals surface area contributed by atoms with E-state index < -0.39 is 0 Å². The van der Waals surface area contributed by atoms with Crippen LogP contribution in [0.5, 0.6) is 5.75 Å². The maximum absolute atomic E-state index is 5.87. The number of anilines is 2. The molecule has 0 aromatic heterocycles. The van der Waals surface area contributed by atoms with Gasteiger partial charge in [-0.05, 0) is 50.9 Å². The van der Waals surface area contributed by atoms with Gasteiger partial charge in [-0.1, -0.05) is 6.92 Å². The maximum atomic E-state index is 5.87. The van der Waals surface area contributed by atoms with Gasteiger partial charge >= 0.3 is 0 Å². The second kappa shape index (κ2) is 7.39. The fourth-order valence-electron chi connectivity index (χ4n) is 2.57. The predicted molar refractivity (Wildman–Crippen MR) is 85.4 cm³/mol. The summed E-state index contributed by atoms with van der Waals surface area (Å²) < 4.78 is 5.51. The van der Waals surface area contributed by atoms with E-state index >= 15 is 0 Å². The highest BCUT2D eigenvalue weighted by Crippen LogP contribution is 2.25. The van der Waals surface area contributed by atoms with Crippen molar-refractivity contribution in [2.75, 3.05) is 43.8 Å². The Kier molecular flexibility index (Phi) is 5.53. The van der Waals surface area contributed by atoms with Crippen molar-refractivity contribution in [1.82, 2.24) is 4.90 Å². The van der Waals surface area contributed by atoms with Crippen molar-refractivity contribution in [3.05, 3.63) is 18.2 Å². The summed E-state index contributed by atoms with van der Waals surface area (Å²) in [5.74, 6) is 1.66. The smallest absolute Gasteiger partial charge is 0.144 e. The first-order valence-corrected chi connectivity index (χ1v) is 7.67. The minimum Gasteiger partial charge on any atom is -0.492 e. The summed E-state index contributed by atoms with van der Waals surface area (Å²) in [6, 6.07) is 5.89. The van der Waals surface area contributed by atoms with E-state index in [4.69, 9.17) is 10.5 Å². The van der Waals surface area contributed by atoms with Crippen molar-refractivity contribution in [1.29, 1.82) is 0 Å². The number of piperidine rings is 1. The third-order valence-corrected chi connectivity index (χ3v) is 3.95. The molecule has 1 aromatic carbocycles. The fourth-order valence-corrected chi connectivity index (χ4v) is 2.57. The quantitative estimate of drug-likeness (QED) is 0.785. The van der Waals surface area contributed by atoms with Crippen molar-refractivity contribution in [2.24, 2.45) is 5.92 Å². The monoisotopic (exact) mass is 277 g/mol. The predicted octanol–water partition coefficient (Wildman–Crippen LogP) is 2.81. The largest absolute Gasteiger partial charge is 0.492 e. The highest BCUT2D eigenvalue weighted by Gasteiger charge is 2.14. The lowest BCUT2D eigenvalue weighted by Gasteiger charge is -2.30. The molecule has 0 aliphatic carbocycles. The molecule has 1 fully saturated rings. The molecule has 1 aromatic rings. The molecule has 0 bridgehead atoms. The summed E-state index contributed by atoms with van der Waals surface area (Å²) in [5.41, 5.74) is 7.65. The van der Waals surface area contributed by atoms with E-state index in [1.807, 2.05) is 25.1 Å². The Labute approximate surface area is 122 Å². The van der Waals surface area contributed by atoms with E-state index in [0.29, 0.717) is 12.3 Å². The molecule has 2 rings (SSSR count). The molecule has 1 heterocycles. The van der Waals surface area contributed by atoms with Crippen LogP contribution < -0.4 is 15.8 Å². The van der Waals surface area contributed by atoms with Gasteiger partial charge in [0.25, 0.3) is 0 Å². The number of nitrogens with zero attached hydrogens (tertiary/aromatic N) is 1. The van der Waals surface area contributed by atoms with Crippen LogP contribution in [0.2, 0.25) is 0 Å². The first-order chi connectivity index (χ1) is 9.69. The number of nitrogens with one attached hydrogen (secondary N) is 1. The van der Waals surface area contributed by atoms with E-state index in [1.54, 1.807) is 0 Å². The molecule has 4 nitrogen and oxygen atoms in total. The molecule has 20 heavy (non-hydrogen) atoms. The van der Waals surface area contributed by atoms with Crippen LogP contribution in [0.25, 0.3) is 0 Å². The molecule has 1 aliphatic heterocycles. The molecular weight excluding hydrogens is 250 g/mol. The lowest BCUT2D eigenvalue weighted by Crippen LogP contribution is -2.36. The molecule has 0 saturated carbocycles. The Morgan fingerprint density at radius 2 is 2.10 bits per heavy atom. The van der Waals surface area contributed by atoms with Gasteiger partial charge in [0.05, 0.1) is 12.3 Å². The van der Waals surface area contributed by atoms with Crippen molar-refractivity contribution in [3.8, 4) is 5.75 Å². The highest BCUT2D eigenvalue weighted by molar-refractivity contribution is 5.61. The number of hydrogen-bond donors (Lipinski definition) is 2. The van der Waals surface area contributed by atoms with Crippen LogP contribution in [0.15, 0.2) is 18.2 Å². The lowest BCUT2D eigenvalue weighted by molar-refractivity contribution is 0.199. The van der Waals surface area contributed by atoms with Gasteiger partial charge in [0.2, 0.25) is 0 Å². The summed E-state index contributed by atoms with van der Waals surface area (Å²) in [4.78, 5) is 2.54. The minimum atomic E-state index is 0.639. The average Bonchev–Trinajstić information content (AvgIpc) is 2.45. The van der Waals surface area contributed by atoms with Crippen molar-refractivity contribution >= 4 is 11.4 Å². The first-order valence-electron chi connectivity index (χ1n) is 7.67. The van der Waals surface area contributed by atoms with E-state index in [9.17, 15) is 0 Å². The van der Waals surface area contributed by atoms with Gasteiger partial charge < -0.3 is 20.7 Å². The average molecular weight is 277 g/mol. The van der Waals surface area contributed by atoms with Gasteiger partial charge in [-0.2, -0.15) is 0 Å². The van der Waals surface area contributed by atoms with Crippen LogP contribution in [0.3, 0.4) is 0 Å². The topological polar surface area (TPSA) is 50.5 Å². The van der Waals surface area contributed by atoms with Crippen LogP contribution >= 0.6 is 0 Å². The molecule has 0 unspecified atom stereocenters. The molecule has 1 aliphatic rings. The summed E-state index contributed by atoms with van der Waals surface area (Å²) >= 11 is 0. The van der Waals surface area contributed by atoms with E-state index in [-0.39, 0.29) is 0 Å². The van der Waals surface area contributed by atoms with Gasteiger partial charge in [-0.25, -0.2) is 0 Å². The number of hydrogen-bond acceptors (Lipinski definition) is 4. The number of benzene rings is 1. The van der Waals surface area contributed by atoms with Gasteiger partial charge in [-0.15, -0.1) is 0 Å². The molecule has 0 spiro atoms. The summed E-state index contributed by atoms with van der Waals surface area (Å²) in [6.07, 6.45) is 2.66. The Morgan fingerprint density at radius 1 is 1.35 bits per heavy atom. The lowest BCUT2D eigenvalue weighted by atomic mass is 9.99. The van der Waals surface area contributed by atoms with Crippen LogP contribution in [0.1, 0.15) is 26.7 Å². The van der Waals surface area contributed by atoms with E-state index in [1.165, 1.54) is 25.9 Å². The van der Waals surface area contributed by atoms with Crippen LogP contribution in [-0.4, -0.2) is 37.7 Å². The van der Waals surface area contributed by atoms with Crippen molar-refractivity contribution < 1.29 is 4.74 Å². The van der Waals surface area contributed by atoms with Gasteiger partial charge in [0.15, 0.2) is 0 Å². The summed E-state index contributed by atoms with van der Waals surface area (Å²) in [5, 5.41) is 3.45. The van der Waals surface area contributed by atoms with Crippen LogP contribution in [0.4, 0.5) is 11.4 Å². The Morgan fingerprint density at radius 3 is 2.80 bits per heavy atom. The number of nitrogens with two attached hydrogens (primary N) is 1. The van der Waals surface area contributed by atoms with Crippen LogP contribution in [0, 0.1) is 5.92 Å². The van der Waals surface area contributed by atoms with Gasteiger partial charge in [-0.3, -0.25) is 0 Å². The first kappa shape index (κ1) is 15.0. The maximum Gasteiger partial charge on any atom is 0.144 e. The molecule has 0 amide bonds. The molecule has 112 valence electrons. The second-order valence-electron chi connectivity index (χ2n) is 5.64. The Bertz CT molecular complexity index is 414. The zero-order chi connectivity index (χ0) is 14.4. The highest BCUT2D eigenvalue weighted by atomic mass is 16.5. The Balaban J connectivity index is 1.77. The number of likely N-dealkylation sites (tertiary alicyclic amines) is 1. The zero-order valence-corrected chi connectivity index (χ0v) is 12.7. The third-order valence-electron chi connectivity index (χ3n) is 3.95. The minimum absolute atomic E-state index is 0.639. The molecular formula is C16H27N3O. The summed E-state index contributed by atoms with van der Waals surface area (Å²) in [7, 11) is 0. The number of ether oxygens (including phenoxy) is 1. The molecule has 0 atom stereocenters. The fraction of sp³-hybridized carbons (Fsp3) is 0.625. The van der Waals surface area contributed by atoms with Gasteiger partial charge in [0, 0.05) is 24.8 Å². The number of rotatable bonds is 6. The second-order valence-corrected chi connectivity index (χ2v) is 5.64. The number of nitrogen functional groups attached to an aromatic ring is 1. The van der Waals surface area contributed by atoms with Gasteiger partial charge in [0.1, 0.15) is 5.75 Å². The molecule has 4 heteroatoms. The van der Waals surface area contributed by atoms with Crippen LogP contribution in [-0.2, 0) is 0 Å². The third kappa shape index (κ3) is 4.30. The molecule has 1 saturated heterocycles. The normalized spacial score (nSPS) is 17.1. The standard InChI is InChI=1S/C16H27N3O/c1-3-20-16-12-14(4-5-15(16)17)18-8-11-19-9-6-13(2)7-10-19/h4-5,12-13,18H,3,6-11,17H2,1-2H3. The molecule has 0 radical (unpaired) electrons. The SMILES string of the molecule is CCOc1cc(NCCN2CCC(C)CC2)ccc1N.